The maximum atomic E-state index is 5.72. The molecule has 0 amide bonds. The summed E-state index contributed by atoms with van der Waals surface area (Å²) < 4.78 is 5.72. The Labute approximate surface area is 95.6 Å². The van der Waals surface area contributed by atoms with Crippen LogP contribution in [0.4, 0.5) is 0 Å². The zero-order valence-electron chi connectivity index (χ0n) is 9.29. The van der Waals surface area contributed by atoms with Gasteiger partial charge in [0.15, 0.2) is 0 Å². The second-order valence-corrected chi connectivity index (χ2v) is 5.44. The Bertz CT molecular complexity index is 278. The van der Waals surface area contributed by atoms with Gasteiger partial charge in [0.25, 0.3) is 0 Å². The molecule has 0 aliphatic carbocycles. The number of ether oxygens (including phenoxy) is 1. The van der Waals surface area contributed by atoms with E-state index in [1.54, 1.807) is 0 Å². The van der Waals surface area contributed by atoms with E-state index in [1.807, 2.05) is 11.3 Å². The highest BCUT2D eigenvalue weighted by Crippen LogP contribution is 2.23. The standard InChI is InChI=1S/C12H19NOS/c1-12(6-3-8-14-12)10-13-7-5-11-4-2-9-15-11/h2,4,9,13H,3,5-8,10H2,1H3. The number of nitrogens with one attached hydrogen (secondary N) is 1. The molecule has 0 radical (unpaired) electrons. The lowest BCUT2D eigenvalue weighted by atomic mass is 10.0. The summed E-state index contributed by atoms with van der Waals surface area (Å²) in [6, 6.07) is 4.31. The Kier molecular flexibility index (Phi) is 3.78. The first kappa shape index (κ1) is 11.1. The van der Waals surface area contributed by atoms with Crippen LogP contribution >= 0.6 is 11.3 Å². The van der Waals surface area contributed by atoms with Crippen LogP contribution in [0.2, 0.25) is 0 Å². The molecule has 84 valence electrons. The molecule has 1 unspecified atom stereocenters. The Hall–Kier alpha value is -0.380. The summed E-state index contributed by atoms with van der Waals surface area (Å²) in [6.45, 7) is 5.18. The Morgan fingerprint density at radius 3 is 3.20 bits per heavy atom. The minimum Gasteiger partial charge on any atom is -0.374 e. The zero-order chi connectivity index (χ0) is 10.6. The molecule has 2 heterocycles. The van der Waals surface area contributed by atoms with Crippen molar-refractivity contribution in [3.05, 3.63) is 22.4 Å². The molecule has 1 N–H and O–H groups in total. The molecule has 15 heavy (non-hydrogen) atoms. The molecule has 1 aliphatic rings. The van der Waals surface area contributed by atoms with E-state index in [-0.39, 0.29) is 5.60 Å². The van der Waals surface area contributed by atoms with E-state index in [1.165, 1.54) is 17.7 Å². The molecule has 2 rings (SSSR count). The zero-order valence-corrected chi connectivity index (χ0v) is 10.1. The molecule has 2 nitrogen and oxygen atoms in total. The second kappa shape index (κ2) is 5.10. The van der Waals surface area contributed by atoms with Gasteiger partial charge in [-0.1, -0.05) is 6.07 Å². The molecule has 1 saturated heterocycles. The second-order valence-electron chi connectivity index (χ2n) is 4.41. The molecular weight excluding hydrogens is 206 g/mol. The first-order valence-corrected chi connectivity index (χ1v) is 6.54. The van der Waals surface area contributed by atoms with Crippen LogP contribution in [-0.4, -0.2) is 25.3 Å². The topological polar surface area (TPSA) is 21.3 Å². The van der Waals surface area contributed by atoms with Gasteiger partial charge in [0.1, 0.15) is 0 Å². The van der Waals surface area contributed by atoms with Crippen LogP contribution in [0.1, 0.15) is 24.6 Å². The van der Waals surface area contributed by atoms with Crippen molar-refractivity contribution in [1.29, 1.82) is 0 Å². The lowest BCUT2D eigenvalue weighted by molar-refractivity contribution is 0.0211. The Morgan fingerprint density at radius 1 is 1.60 bits per heavy atom. The van der Waals surface area contributed by atoms with Crippen LogP contribution in [0.5, 0.6) is 0 Å². The van der Waals surface area contributed by atoms with E-state index in [9.17, 15) is 0 Å². The van der Waals surface area contributed by atoms with E-state index in [0.29, 0.717) is 0 Å². The van der Waals surface area contributed by atoms with E-state index in [2.05, 4.69) is 29.8 Å². The average molecular weight is 225 g/mol. The van der Waals surface area contributed by atoms with Crippen molar-refractivity contribution < 1.29 is 4.74 Å². The van der Waals surface area contributed by atoms with Crippen molar-refractivity contribution in [3.63, 3.8) is 0 Å². The van der Waals surface area contributed by atoms with Crippen molar-refractivity contribution in [2.24, 2.45) is 0 Å². The van der Waals surface area contributed by atoms with E-state index >= 15 is 0 Å². The van der Waals surface area contributed by atoms with Gasteiger partial charge >= 0.3 is 0 Å². The Balaban J connectivity index is 1.62. The molecule has 0 saturated carbocycles. The maximum absolute atomic E-state index is 5.72. The predicted octanol–water partition coefficient (Wildman–Crippen LogP) is 2.45. The quantitative estimate of drug-likeness (QED) is 0.777. The smallest absolute Gasteiger partial charge is 0.0779 e. The van der Waals surface area contributed by atoms with Crippen molar-refractivity contribution in [2.75, 3.05) is 19.7 Å². The molecule has 1 aliphatic heterocycles. The van der Waals surface area contributed by atoms with Crippen molar-refractivity contribution in [3.8, 4) is 0 Å². The predicted molar refractivity (Wildman–Crippen MR) is 64.5 cm³/mol. The highest BCUT2D eigenvalue weighted by molar-refractivity contribution is 7.09. The fourth-order valence-corrected chi connectivity index (χ4v) is 2.70. The molecule has 1 aromatic rings. The maximum Gasteiger partial charge on any atom is 0.0779 e. The third kappa shape index (κ3) is 3.30. The molecule has 3 heteroatoms. The van der Waals surface area contributed by atoms with Crippen molar-refractivity contribution in [1.82, 2.24) is 5.32 Å². The van der Waals surface area contributed by atoms with Crippen LogP contribution in [-0.2, 0) is 11.2 Å². The molecule has 0 spiro atoms. The van der Waals surface area contributed by atoms with Crippen LogP contribution in [0.3, 0.4) is 0 Å². The summed E-state index contributed by atoms with van der Waals surface area (Å²) in [5.74, 6) is 0. The van der Waals surface area contributed by atoms with Crippen LogP contribution < -0.4 is 5.32 Å². The Morgan fingerprint density at radius 2 is 2.53 bits per heavy atom. The van der Waals surface area contributed by atoms with Gasteiger partial charge < -0.3 is 10.1 Å². The highest BCUT2D eigenvalue weighted by Gasteiger charge is 2.28. The summed E-state index contributed by atoms with van der Waals surface area (Å²) in [7, 11) is 0. The van der Waals surface area contributed by atoms with Crippen molar-refractivity contribution in [2.45, 2.75) is 31.8 Å². The molecule has 1 aromatic heterocycles. The van der Waals surface area contributed by atoms with Crippen molar-refractivity contribution >= 4 is 11.3 Å². The van der Waals surface area contributed by atoms with Gasteiger partial charge in [0.05, 0.1) is 5.60 Å². The largest absolute Gasteiger partial charge is 0.374 e. The molecule has 0 aromatic carbocycles. The third-order valence-corrected chi connectivity index (χ3v) is 3.86. The summed E-state index contributed by atoms with van der Waals surface area (Å²) in [5, 5.41) is 5.62. The van der Waals surface area contributed by atoms with Gasteiger partial charge in [-0.25, -0.2) is 0 Å². The lowest BCUT2D eigenvalue weighted by Gasteiger charge is -2.23. The van der Waals surface area contributed by atoms with Gasteiger partial charge in [-0.2, -0.15) is 0 Å². The number of thiophene rings is 1. The minimum absolute atomic E-state index is 0.0927. The van der Waals surface area contributed by atoms with Crippen LogP contribution in [0, 0.1) is 0 Å². The monoisotopic (exact) mass is 225 g/mol. The summed E-state index contributed by atoms with van der Waals surface area (Å²) in [5.41, 5.74) is 0.0927. The first-order chi connectivity index (χ1) is 7.29. The van der Waals surface area contributed by atoms with Gasteiger partial charge in [0.2, 0.25) is 0 Å². The van der Waals surface area contributed by atoms with Gasteiger partial charge in [-0.05, 0) is 37.6 Å². The summed E-state index contributed by atoms with van der Waals surface area (Å²) >= 11 is 1.83. The summed E-state index contributed by atoms with van der Waals surface area (Å²) in [4.78, 5) is 1.46. The molecular formula is C12H19NOS. The van der Waals surface area contributed by atoms with Gasteiger partial charge in [0, 0.05) is 24.6 Å². The normalized spacial score (nSPS) is 25.9. The molecule has 1 atom stereocenters. The van der Waals surface area contributed by atoms with E-state index in [4.69, 9.17) is 4.74 Å². The lowest BCUT2D eigenvalue weighted by Crippen LogP contribution is -2.37. The van der Waals surface area contributed by atoms with Crippen LogP contribution in [0.25, 0.3) is 0 Å². The summed E-state index contributed by atoms with van der Waals surface area (Å²) in [6.07, 6.45) is 3.54. The SMILES string of the molecule is CC1(CNCCc2cccs2)CCCO1. The van der Waals surface area contributed by atoms with Crippen LogP contribution in [0.15, 0.2) is 17.5 Å². The molecule has 1 fully saturated rings. The van der Waals surface area contributed by atoms with Gasteiger partial charge in [-0.3, -0.25) is 0 Å². The fraction of sp³-hybridized carbons (Fsp3) is 0.667. The van der Waals surface area contributed by atoms with Gasteiger partial charge in [-0.15, -0.1) is 11.3 Å². The third-order valence-electron chi connectivity index (χ3n) is 2.93. The van der Waals surface area contributed by atoms with E-state index < -0.39 is 0 Å². The average Bonchev–Trinajstić information content (AvgIpc) is 2.84. The fourth-order valence-electron chi connectivity index (χ4n) is 2.00. The highest BCUT2D eigenvalue weighted by atomic mass is 32.1. The number of hydrogen-bond acceptors (Lipinski definition) is 3. The minimum atomic E-state index is 0.0927. The van der Waals surface area contributed by atoms with E-state index in [0.717, 1.165) is 26.1 Å². The first-order valence-electron chi connectivity index (χ1n) is 5.66. The number of rotatable bonds is 5. The number of hydrogen-bond donors (Lipinski definition) is 1. The molecule has 0 bridgehead atoms.